The second-order valence-corrected chi connectivity index (χ2v) is 4.16. The van der Waals surface area contributed by atoms with Crippen LogP contribution in [0.1, 0.15) is 30.9 Å². The molecule has 0 amide bonds. The third kappa shape index (κ3) is 2.15. The van der Waals surface area contributed by atoms with Crippen molar-refractivity contribution in [3.63, 3.8) is 0 Å². The van der Waals surface area contributed by atoms with Crippen LogP contribution < -0.4 is 5.32 Å². The fourth-order valence-corrected chi connectivity index (χ4v) is 2.05. The van der Waals surface area contributed by atoms with Gasteiger partial charge in [-0.25, -0.2) is 0 Å². The molecular formula is C12H14F3N. The molecule has 0 unspecified atom stereocenters. The summed E-state index contributed by atoms with van der Waals surface area (Å²) in [6.45, 7) is 2.08. The summed E-state index contributed by atoms with van der Waals surface area (Å²) in [5.74, 6) is 0. The van der Waals surface area contributed by atoms with Gasteiger partial charge in [0.25, 0.3) is 0 Å². The zero-order valence-electron chi connectivity index (χ0n) is 9.06. The number of nitrogens with one attached hydrogen (secondary N) is 1. The molecule has 16 heavy (non-hydrogen) atoms. The number of hydrogen-bond donors (Lipinski definition) is 1. The van der Waals surface area contributed by atoms with Crippen molar-refractivity contribution in [3.05, 3.63) is 29.3 Å². The summed E-state index contributed by atoms with van der Waals surface area (Å²) in [4.78, 5) is 0. The van der Waals surface area contributed by atoms with Crippen LogP contribution in [0.3, 0.4) is 0 Å². The molecule has 2 rings (SSSR count). The molecule has 88 valence electrons. The van der Waals surface area contributed by atoms with Gasteiger partial charge in [0, 0.05) is 11.7 Å². The molecular weight excluding hydrogens is 215 g/mol. The van der Waals surface area contributed by atoms with Crippen molar-refractivity contribution >= 4 is 5.69 Å². The minimum atomic E-state index is -4.24. The highest BCUT2D eigenvalue weighted by molar-refractivity contribution is 5.55. The number of aryl methyl sites for hydroxylation is 1. The summed E-state index contributed by atoms with van der Waals surface area (Å²) >= 11 is 0. The summed E-state index contributed by atoms with van der Waals surface area (Å²) in [6, 6.07) is 4.34. The Morgan fingerprint density at radius 2 is 2.12 bits per heavy atom. The Hall–Kier alpha value is -1.19. The first-order chi connectivity index (χ1) is 7.50. The van der Waals surface area contributed by atoms with Gasteiger partial charge in [0.05, 0.1) is 5.56 Å². The summed E-state index contributed by atoms with van der Waals surface area (Å²) in [7, 11) is 0. The number of alkyl halides is 3. The van der Waals surface area contributed by atoms with Crippen molar-refractivity contribution in [1.82, 2.24) is 0 Å². The van der Waals surface area contributed by atoms with Gasteiger partial charge < -0.3 is 5.32 Å². The molecule has 1 heterocycles. The average Bonchev–Trinajstić information content (AvgIpc) is 2.26. The minimum Gasteiger partial charge on any atom is -0.382 e. The molecule has 0 aliphatic carbocycles. The zero-order valence-corrected chi connectivity index (χ0v) is 9.06. The molecule has 0 radical (unpaired) electrons. The van der Waals surface area contributed by atoms with Gasteiger partial charge in [0.15, 0.2) is 0 Å². The van der Waals surface area contributed by atoms with Gasteiger partial charge in [-0.2, -0.15) is 13.2 Å². The zero-order chi connectivity index (χ0) is 11.8. The van der Waals surface area contributed by atoms with E-state index in [4.69, 9.17) is 0 Å². The highest BCUT2D eigenvalue weighted by Crippen LogP contribution is 2.34. The SMILES string of the molecule is CC[C@H]1CCc2cc(C(F)(F)F)ccc2N1. The number of halogens is 3. The molecule has 4 heteroatoms. The fourth-order valence-electron chi connectivity index (χ4n) is 2.05. The first-order valence-corrected chi connectivity index (χ1v) is 5.47. The molecule has 1 aromatic rings. The fraction of sp³-hybridized carbons (Fsp3) is 0.500. The highest BCUT2D eigenvalue weighted by atomic mass is 19.4. The average molecular weight is 229 g/mol. The van der Waals surface area contributed by atoms with Crippen LogP contribution >= 0.6 is 0 Å². The van der Waals surface area contributed by atoms with Gasteiger partial charge in [-0.15, -0.1) is 0 Å². The summed E-state index contributed by atoms with van der Waals surface area (Å²) in [5.41, 5.74) is 1.08. The van der Waals surface area contributed by atoms with Crippen molar-refractivity contribution in [2.24, 2.45) is 0 Å². The smallest absolute Gasteiger partial charge is 0.382 e. The van der Waals surface area contributed by atoms with E-state index in [0.29, 0.717) is 6.04 Å². The van der Waals surface area contributed by atoms with E-state index in [1.165, 1.54) is 6.07 Å². The number of rotatable bonds is 1. The van der Waals surface area contributed by atoms with Crippen molar-refractivity contribution in [2.75, 3.05) is 5.32 Å². The van der Waals surface area contributed by atoms with E-state index >= 15 is 0 Å². The normalized spacial score (nSPS) is 20.1. The molecule has 0 aromatic heterocycles. The molecule has 1 aliphatic heterocycles. The number of benzene rings is 1. The van der Waals surface area contributed by atoms with Crippen LogP contribution in [-0.4, -0.2) is 6.04 Å². The Bertz CT molecular complexity index is 384. The number of anilines is 1. The van der Waals surface area contributed by atoms with E-state index in [1.807, 2.05) is 0 Å². The topological polar surface area (TPSA) is 12.0 Å². The highest BCUT2D eigenvalue weighted by Gasteiger charge is 2.31. The van der Waals surface area contributed by atoms with Gasteiger partial charge in [-0.3, -0.25) is 0 Å². The number of hydrogen-bond acceptors (Lipinski definition) is 1. The van der Waals surface area contributed by atoms with Crippen molar-refractivity contribution in [1.29, 1.82) is 0 Å². The molecule has 0 fully saturated rings. The maximum Gasteiger partial charge on any atom is 0.416 e. The number of fused-ring (bicyclic) bond motifs is 1. The van der Waals surface area contributed by atoms with Crippen LogP contribution in [0.5, 0.6) is 0 Å². The van der Waals surface area contributed by atoms with E-state index in [9.17, 15) is 13.2 Å². The summed E-state index contributed by atoms with van der Waals surface area (Å²) < 4.78 is 37.4. The molecule has 0 bridgehead atoms. The predicted molar refractivity (Wildman–Crippen MR) is 57.5 cm³/mol. The first-order valence-electron chi connectivity index (χ1n) is 5.47. The van der Waals surface area contributed by atoms with Crippen LogP contribution in [0.15, 0.2) is 18.2 Å². The molecule has 1 atom stereocenters. The van der Waals surface area contributed by atoms with Gasteiger partial charge in [-0.1, -0.05) is 6.92 Å². The molecule has 0 saturated carbocycles. The van der Waals surface area contributed by atoms with E-state index < -0.39 is 11.7 Å². The van der Waals surface area contributed by atoms with E-state index in [-0.39, 0.29) is 0 Å². The van der Waals surface area contributed by atoms with Crippen LogP contribution in [0, 0.1) is 0 Å². The molecule has 1 aromatic carbocycles. The standard InChI is InChI=1S/C12H14F3N/c1-2-10-5-3-8-7-9(12(13,14)15)4-6-11(8)16-10/h4,6-7,10,16H,2-3,5H2,1H3/t10-/m0/s1. The molecule has 1 aliphatic rings. The molecule has 0 spiro atoms. The second-order valence-electron chi connectivity index (χ2n) is 4.16. The third-order valence-electron chi connectivity index (χ3n) is 3.05. The lowest BCUT2D eigenvalue weighted by atomic mass is 9.95. The molecule has 0 saturated heterocycles. The van der Waals surface area contributed by atoms with Gasteiger partial charge in [0.1, 0.15) is 0 Å². The monoisotopic (exact) mass is 229 g/mol. The largest absolute Gasteiger partial charge is 0.416 e. The minimum absolute atomic E-state index is 0.393. The lowest BCUT2D eigenvalue weighted by Gasteiger charge is -2.26. The van der Waals surface area contributed by atoms with Crippen LogP contribution in [0.25, 0.3) is 0 Å². The lowest BCUT2D eigenvalue weighted by molar-refractivity contribution is -0.137. The van der Waals surface area contributed by atoms with Crippen molar-refractivity contribution in [3.8, 4) is 0 Å². The van der Waals surface area contributed by atoms with E-state index in [1.54, 1.807) is 6.07 Å². The Morgan fingerprint density at radius 1 is 1.38 bits per heavy atom. The van der Waals surface area contributed by atoms with Crippen molar-refractivity contribution in [2.45, 2.75) is 38.4 Å². The lowest BCUT2D eigenvalue weighted by Crippen LogP contribution is -2.24. The predicted octanol–water partition coefficient (Wildman–Crippen LogP) is 3.84. The summed E-state index contributed by atoms with van der Waals surface area (Å²) in [6.07, 6.45) is -1.60. The van der Waals surface area contributed by atoms with E-state index in [2.05, 4.69) is 12.2 Å². The van der Waals surface area contributed by atoms with Crippen LogP contribution in [-0.2, 0) is 12.6 Å². The van der Waals surface area contributed by atoms with Crippen molar-refractivity contribution < 1.29 is 13.2 Å². The van der Waals surface area contributed by atoms with Gasteiger partial charge in [0.2, 0.25) is 0 Å². The molecule has 1 nitrogen and oxygen atoms in total. The third-order valence-corrected chi connectivity index (χ3v) is 3.05. The first kappa shape index (κ1) is 11.3. The second kappa shape index (κ2) is 4.00. The summed E-state index contributed by atoms with van der Waals surface area (Å²) in [5, 5.41) is 3.26. The quantitative estimate of drug-likeness (QED) is 0.771. The Morgan fingerprint density at radius 3 is 2.75 bits per heavy atom. The Kier molecular flexibility index (Phi) is 2.82. The van der Waals surface area contributed by atoms with E-state index in [0.717, 1.165) is 36.6 Å². The van der Waals surface area contributed by atoms with Gasteiger partial charge >= 0.3 is 6.18 Å². The van der Waals surface area contributed by atoms with Gasteiger partial charge in [-0.05, 0) is 43.0 Å². The maximum atomic E-state index is 12.5. The molecule has 1 N–H and O–H groups in total. The Labute approximate surface area is 92.7 Å². The van der Waals surface area contributed by atoms with Crippen LogP contribution in [0.4, 0.5) is 18.9 Å². The maximum absolute atomic E-state index is 12.5. The van der Waals surface area contributed by atoms with Crippen LogP contribution in [0.2, 0.25) is 0 Å². The Balaban J connectivity index is 2.28.